The van der Waals surface area contributed by atoms with Crippen LogP contribution in [0.1, 0.15) is 31.4 Å². The number of hydrogen-bond acceptors (Lipinski definition) is 4. The first-order chi connectivity index (χ1) is 10.1. The maximum atomic E-state index is 12.0. The normalized spacial score (nSPS) is 21.2. The molecular formula is C15H25N3O2S. The first kappa shape index (κ1) is 16.3. The largest absolute Gasteiger partial charge is 0.376 e. The molecular weight excluding hydrogens is 286 g/mol. The highest BCUT2D eigenvalue weighted by molar-refractivity contribution is 7.07. The SMILES string of the molecule is C[C@H](NC(=O)NC[C@@H](c1ccsc1)N(C)C)[C@@H]1CCCO1. The summed E-state index contributed by atoms with van der Waals surface area (Å²) in [6.07, 6.45) is 2.26. The molecule has 5 nitrogen and oxygen atoms in total. The number of urea groups is 1. The summed E-state index contributed by atoms with van der Waals surface area (Å²) in [4.78, 5) is 14.1. The van der Waals surface area contributed by atoms with E-state index in [1.54, 1.807) is 11.3 Å². The van der Waals surface area contributed by atoms with Crippen molar-refractivity contribution in [3.63, 3.8) is 0 Å². The van der Waals surface area contributed by atoms with Gasteiger partial charge in [0.2, 0.25) is 0 Å². The van der Waals surface area contributed by atoms with Gasteiger partial charge in [-0.2, -0.15) is 11.3 Å². The van der Waals surface area contributed by atoms with Crippen molar-refractivity contribution in [1.82, 2.24) is 15.5 Å². The van der Waals surface area contributed by atoms with E-state index in [0.717, 1.165) is 19.4 Å². The van der Waals surface area contributed by atoms with E-state index in [0.29, 0.717) is 6.54 Å². The van der Waals surface area contributed by atoms with Crippen molar-refractivity contribution in [1.29, 1.82) is 0 Å². The van der Waals surface area contributed by atoms with E-state index in [2.05, 4.69) is 32.4 Å². The molecule has 0 saturated carbocycles. The minimum Gasteiger partial charge on any atom is -0.376 e. The molecule has 6 heteroatoms. The van der Waals surface area contributed by atoms with E-state index in [9.17, 15) is 4.79 Å². The zero-order valence-corrected chi connectivity index (χ0v) is 13.8. The standard InChI is InChI=1S/C15H25N3O2S/c1-11(14-5-4-7-20-14)17-15(19)16-9-13(18(2)3)12-6-8-21-10-12/h6,8,10-11,13-14H,4-5,7,9H2,1-3H3,(H2,16,17,19)/t11-,13-,14-/m0/s1. The second-order valence-corrected chi connectivity index (χ2v) is 6.51. The lowest BCUT2D eigenvalue weighted by Crippen LogP contribution is -2.47. The second-order valence-electron chi connectivity index (χ2n) is 5.73. The van der Waals surface area contributed by atoms with Crippen molar-refractivity contribution in [2.75, 3.05) is 27.2 Å². The number of carbonyl (C=O) groups is 1. The van der Waals surface area contributed by atoms with Gasteiger partial charge in [0.25, 0.3) is 0 Å². The number of hydrogen-bond donors (Lipinski definition) is 2. The van der Waals surface area contributed by atoms with Crippen LogP contribution >= 0.6 is 11.3 Å². The number of likely N-dealkylation sites (N-methyl/N-ethyl adjacent to an activating group) is 1. The monoisotopic (exact) mass is 311 g/mol. The van der Waals surface area contributed by atoms with E-state index in [1.165, 1.54) is 5.56 Å². The van der Waals surface area contributed by atoms with Gasteiger partial charge in [0, 0.05) is 13.2 Å². The van der Waals surface area contributed by atoms with Crippen molar-refractivity contribution in [2.45, 2.75) is 38.0 Å². The summed E-state index contributed by atoms with van der Waals surface area (Å²) < 4.78 is 5.59. The molecule has 1 aliphatic rings. The molecule has 1 aromatic heterocycles. The summed E-state index contributed by atoms with van der Waals surface area (Å²) >= 11 is 1.68. The summed E-state index contributed by atoms with van der Waals surface area (Å²) in [7, 11) is 4.05. The van der Waals surface area contributed by atoms with Crippen LogP contribution in [0.15, 0.2) is 16.8 Å². The average Bonchev–Trinajstić information content (AvgIpc) is 3.12. The van der Waals surface area contributed by atoms with Crippen LogP contribution in [-0.4, -0.2) is 50.3 Å². The lowest BCUT2D eigenvalue weighted by Gasteiger charge is -2.25. The summed E-state index contributed by atoms with van der Waals surface area (Å²) in [5.41, 5.74) is 1.23. The number of carbonyl (C=O) groups excluding carboxylic acids is 1. The highest BCUT2D eigenvalue weighted by atomic mass is 32.1. The fraction of sp³-hybridized carbons (Fsp3) is 0.667. The Morgan fingerprint density at radius 3 is 2.95 bits per heavy atom. The lowest BCUT2D eigenvalue weighted by molar-refractivity contribution is 0.0859. The molecule has 0 radical (unpaired) electrons. The third-order valence-electron chi connectivity index (χ3n) is 3.89. The Hall–Kier alpha value is -1.11. The van der Waals surface area contributed by atoms with Crippen molar-refractivity contribution < 1.29 is 9.53 Å². The van der Waals surface area contributed by atoms with E-state index in [4.69, 9.17) is 4.74 Å². The molecule has 0 bridgehead atoms. The Morgan fingerprint density at radius 1 is 1.57 bits per heavy atom. The van der Waals surface area contributed by atoms with Gasteiger partial charge in [-0.3, -0.25) is 0 Å². The number of rotatable bonds is 6. The first-order valence-electron chi connectivity index (χ1n) is 7.42. The maximum Gasteiger partial charge on any atom is 0.315 e. The zero-order valence-electron chi connectivity index (χ0n) is 13.0. The summed E-state index contributed by atoms with van der Waals surface area (Å²) in [6.45, 7) is 3.39. The van der Waals surface area contributed by atoms with Crippen LogP contribution in [-0.2, 0) is 4.74 Å². The Kier molecular flexibility index (Phi) is 6.02. The van der Waals surface area contributed by atoms with Crippen molar-refractivity contribution in [3.05, 3.63) is 22.4 Å². The number of nitrogens with zero attached hydrogens (tertiary/aromatic N) is 1. The van der Waals surface area contributed by atoms with Crippen LogP contribution in [0.25, 0.3) is 0 Å². The smallest absolute Gasteiger partial charge is 0.315 e. The van der Waals surface area contributed by atoms with Crippen molar-refractivity contribution >= 4 is 17.4 Å². The summed E-state index contributed by atoms with van der Waals surface area (Å²) in [5.74, 6) is 0. The molecule has 1 fully saturated rings. The van der Waals surface area contributed by atoms with Crippen LogP contribution in [0.4, 0.5) is 4.79 Å². The van der Waals surface area contributed by atoms with Gasteiger partial charge in [0.15, 0.2) is 0 Å². The molecule has 2 N–H and O–H groups in total. The minimum atomic E-state index is -0.125. The molecule has 118 valence electrons. The molecule has 1 aliphatic heterocycles. The van der Waals surface area contributed by atoms with Gasteiger partial charge >= 0.3 is 6.03 Å². The Bertz CT molecular complexity index is 430. The van der Waals surface area contributed by atoms with Crippen molar-refractivity contribution in [2.24, 2.45) is 0 Å². The number of ether oxygens (including phenoxy) is 1. The molecule has 21 heavy (non-hydrogen) atoms. The zero-order chi connectivity index (χ0) is 15.2. The predicted molar refractivity (Wildman–Crippen MR) is 85.7 cm³/mol. The molecule has 0 aromatic carbocycles. The molecule has 2 rings (SSSR count). The van der Waals surface area contributed by atoms with Gasteiger partial charge in [-0.25, -0.2) is 4.79 Å². The quantitative estimate of drug-likeness (QED) is 0.847. The second kappa shape index (κ2) is 7.77. The fourth-order valence-electron chi connectivity index (χ4n) is 2.60. The molecule has 2 amide bonds. The third kappa shape index (κ3) is 4.69. The molecule has 1 aromatic rings. The van der Waals surface area contributed by atoms with Crippen LogP contribution in [0.5, 0.6) is 0 Å². The van der Waals surface area contributed by atoms with Gasteiger partial charge in [-0.1, -0.05) is 0 Å². The Morgan fingerprint density at radius 2 is 2.38 bits per heavy atom. The number of thiophene rings is 1. The highest BCUT2D eigenvalue weighted by Gasteiger charge is 2.24. The number of amides is 2. The molecule has 0 spiro atoms. The predicted octanol–water partition coefficient (Wildman–Crippen LogP) is 2.22. The molecule has 2 heterocycles. The van der Waals surface area contributed by atoms with Crippen LogP contribution < -0.4 is 10.6 Å². The third-order valence-corrected chi connectivity index (χ3v) is 4.59. The Balaban J connectivity index is 1.79. The maximum absolute atomic E-state index is 12.0. The Labute approximate surface area is 130 Å². The van der Waals surface area contributed by atoms with Gasteiger partial charge in [0.1, 0.15) is 0 Å². The van der Waals surface area contributed by atoms with E-state index in [1.807, 2.05) is 21.0 Å². The van der Waals surface area contributed by atoms with Gasteiger partial charge in [-0.15, -0.1) is 0 Å². The van der Waals surface area contributed by atoms with Crippen LogP contribution in [0.2, 0.25) is 0 Å². The van der Waals surface area contributed by atoms with Crippen molar-refractivity contribution in [3.8, 4) is 0 Å². The van der Waals surface area contributed by atoms with Gasteiger partial charge in [-0.05, 0) is 56.3 Å². The van der Waals surface area contributed by atoms with Crippen LogP contribution in [0, 0.1) is 0 Å². The lowest BCUT2D eigenvalue weighted by atomic mass is 10.1. The van der Waals surface area contributed by atoms with Gasteiger partial charge in [0.05, 0.1) is 18.2 Å². The molecule has 3 atom stereocenters. The average molecular weight is 311 g/mol. The molecule has 1 saturated heterocycles. The van der Waals surface area contributed by atoms with E-state index in [-0.39, 0.29) is 24.2 Å². The fourth-order valence-corrected chi connectivity index (χ4v) is 3.31. The first-order valence-corrected chi connectivity index (χ1v) is 8.36. The minimum absolute atomic E-state index is 0.0476. The summed E-state index contributed by atoms with van der Waals surface area (Å²) in [5, 5.41) is 10.1. The highest BCUT2D eigenvalue weighted by Crippen LogP contribution is 2.20. The van der Waals surface area contributed by atoms with Gasteiger partial charge < -0.3 is 20.3 Å². The van der Waals surface area contributed by atoms with E-state index < -0.39 is 0 Å². The summed E-state index contributed by atoms with van der Waals surface area (Å²) in [6, 6.07) is 2.22. The topological polar surface area (TPSA) is 53.6 Å². The van der Waals surface area contributed by atoms with E-state index >= 15 is 0 Å². The van der Waals surface area contributed by atoms with Crippen LogP contribution in [0.3, 0.4) is 0 Å². The molecule has 0 aliphatic carbocycles. The number of nitrogens with one attached hydrogen (secondary N) is 2. The molecule has 0 unspecified atom stereocenters.